The van der Waals surface area contributed by atoms with Crippen LogP contribution in [0.3, 0.4) is 0 Å². The molecule has 0 aromatic carbocycles. The fraction of sp³-hybridized carbons (Fsp3) is 0.733. The number of hydrogen-bond donors (Lipinski definition) is 1. The second kappa shape index (κ2) is 7.04. The van der Waals surface area contributed by atoms with Gasteiger partial charge in [-0.3, -0.25) is 14.6 Å². The van der Waals surface area contributed by atoms with Gasteiger partial charge in [-0.15, -0.1) is 0 Å². The van der Waals surface area contributed by atoms with E-state index in [0.29, 0.717) is 6.54 Å². The number of amides is 1. The summed E-state index contributed by atoms with van der Waals surface area (Å²) in [6.07, 6.45) is 5.66. The lowest BCUT2D eigenvalue weighted by Gasteiger charge is -2.34. The van der Waals surface area contributed by atoms with Crippen LogP contribution in [-0.2, 0) is 11.3 Å². The van der Waals surface area contributed by atoms with Crippen LogP contribution in [0, 0.1) is 0 Å². The Morgan fingerprint density at radius 3 is 2.38 bits per heavy atom. The van der Waals surface area contributed by atoms with Gasteiger partial charge in [0.05, 0.1) is 12.9 Å². The lowest BCUT2D eigenvalue weighted by Crippen LogP contribution is -2.52. The highest BCUT2D eigenvalue weighted by Gasteiger charge is 2.20. The lowest BCUT2D eigenvalue weighted by molar-refractivity contribution is -0.124. The van der Waals surface area contributed by atoms with Crippen molar-refractivity contribution in [2.24, 2.45) is 0 Å². The summed E-state index contributed by atoms with van der Waals surface area (Å²) >= 11 is 0. The van der Waals surface area contributed by atoms with E-state index < -0.39 is 0 Å². The van der Waals surface area contributed by atoms with Gasteiger partial charge in [-0.05, 0) is 20.8 Å². The lowest BCUT2D eigenvalue weighted by atomic mass is 10.1. The predicted molar refractivity (Wildman–Crippen MR) is 83.0 cm³/mol. The Labute approximate surface area is 127 Å². The van der Waals surface area contributed by atoms with E-state index in [-0.39, 0.29) is 11.4 Å². The van der Waals surface area contributed by atoms with E-state index in [1.165, 1.54) is 0 Å². The Hall–Kier alpha value is -1.40. The molecule has 1 saturated heterocycles. The molecule has 1 aromatic heterocycles. The van der Waals surface area contributed by atoms with Gasteiger partial charge >= 0.3 is 0 Å². The van der Waals surface area contributed by atoms with Gasteiger partial charge in [-0.1, -0.05) is 0 Å². The van der Waals surface area contributed by atoms with Crippen molar-refractivity contribution >= 4 is 5.91 Å². The summed E-state index contributed by atoms with van der Waals surface area (Å²) < 4.78 is 2.10. The molecule has 6 heteroatoms. The van der Waals surface area contributed by atoms with Crippen LogP contribution in [0.1, 0.15) is 20.8 Å². The summed E-state index contributed by atoms with van der Waals surface area (Å²) in [5, 5.41) is 3.02. The molecule has 118 valence electrons. The summed E-state index contributed by atoms with van der Waals surface area (Å²) in [7, 11) is 0. The summed E-state index contributed by atoms with van der Waals surface area (Å²) in [6, 6.07) is 0. The van der Waals surface area contributed by atoms with Crippen molar-refractivity contribution in [2.75, 3.05) is 39.3 Å². The van der Waals surface area contributed by atoms with Gasteiger partial charge in [0, 0.05) is 57.2 Å². The first kappa shape index (κ1) is 16.0. The van der Waals surface area contributed by atoms with Crippen LogP contribution in [0.4, 0.5) is 0 Å². The number of nitrogens with one attached hydrogen (secondary N) is 1. The molecule has 0 saturated carbocycles. The Morgan fingerprint density at radius 2 is 1.81 bits per heavy atom. The van der Waals surface area contributed by atoms with Gasteiger partial charge in [-0.2, -0.15) is 0 Å². The number of aromatic nitrogens is 2. The number of nitrogens with zero attached hydrogens (tertiary/aromatic N) is 4. The number of imidazole rings is 1. The third-order valence-electron chi connectivity index (χ3n) is 3.58. The molecule has 2 rings (SSSR count). The molecule has 0 atom stereocenters. The van der Waals surface area contributed by atoms with Crippen molar-refractivity contribution in [1.29, 1.82) is 0 Å². The number of carbonyl (C=O) groups excluding carboxylic acids is 1. The molecule has 1 fully saturated rings. The van der Waals surface area contributed by atoms with Gasteiger partial charge in [0.25, 0.3) is 0 Å². The molecule has 6 nitrogen and oxygen atoms in total. The molecule has 1 aromatic rings. The Balaban J connectivity index is 1.65. The molecule has 1 aliphatic heterocycles. The van der Waals surface area contributed by atoms with E-state index in [9.17, 15) is 4.79 Å². The molecule has 1 aliphatic rings. The van der Waals surface area contributed by atoms with Crippen LogP contribution in [0.5, 0.6) is 0 Å². The van der Waals surface area contributed by atoms with Crippen molar-refractivity contribution < 1.29 is 4.79 Å². The molecular formula is C15H27N5O. The Kier molecular flexibility index (Phi) is 5.36. The average Bonchev–Trinajstić information content (AvgIpc) is 2.89. The van der Waals surface area contributed by atoms with E-state index in [1.54, 1.807) is 0 Å². The van der Waals surface area contributed by atoms with E-state index in [4.69, 9.17) is 0 Å². The molecule has 2 heterocycles. The molecule has 0 unspecified atom stereocenters. The van der Waals surface area contributed by atoms with Crippen LogP contribution < -0.4 is 5.32 Å². The minimum atomic E-state index is -0.149. The summed E-state index contributed by atoms with van der Waals surface area (Å²) in [5.41, 5.74) is -0.149. The number of carbonyl (C=O) groups is 1. The largest absolute Gasteiger partial charge is 0.350 e. The second-order valence-corrected chi connectivity index (χ2v) is 6.72. The highest BCUT2D eigenvalue weighted by molar-refractivity contribution is 5.78. The van der Waals surface area contributed by atoms with E-state index in [0.717, 1.165) is 39.3 Å². The van der Waals surface area contributed by atoms with Gasteiger partial charge in [-0.25, -0.2) is 4.98 Å². The molecule has 1 N–H and O–H groups in total. The Bertz CT molecular complexity index is 429. The fourth-order valence-corrected chi connectivity index (χ4v) is 2.51. The van der Waals surface area contributed by atoms with Crippen molar-refractivity contribution in [2.45, 2.75) is 32.9 Å². The molecule has 0 aliphatic carbocycles. The number of rotatable bonds is 5. The van der Waals surface area contributed by atoms with Crippen molar-refractivity contribution in [3.05, 3.63) is 18.7 Å². The normalized spacial score (nSPS) is 17.9. The predicted octanol–water partition coefficient (Wildman–Crippen LogP) is 0.415. The first-order valence-electron chi connectivity index (χ1n) is 7.64. The third kappa shape index (κ3) is 5.85. The SMILES string of the molecule is CC(C)(C)NC(=O)CN1CCN(CCn2ccnc2)CC1. The summed E-state index contributed by atoms with van der Waals surface area (Å²) in [5.74, 6) is 0.120. The van der Waals surface area contributed by atoms with Gasteiger partial charge in [0.1, 0.15) is 0 Å². The van der Waals surface area contributed by atoms with Crippen LogP contribution in [0.15, 0.2) is 18.7 Å². The zero-order chi connectivity index (χ0) is 15.3. The van der Waals surface area contributed by atoms with Crippen LogP contribution in [-0.4, -0.2) is 70.1 Å². The van der Waals surface area contributed by atoms with Crippen molar-refractivity contribution in [3.8, 4) is 0 Å². The second-order valence-electron chi connectivity index (χ2n) is 6.72. The van der Waals surface area contributed by atoms with E-state index in [2.05, 4.69) is 24.7 Å². The fourth-order valence-electron chi connectivity index (χ4n) is 2.51. The molecule has 0 radical (unpaired) electrons. The maximum absolute atomic E-state index is 11.9. The maximum Gasteiger partial charge on any atom is 0.234 e. The zero-order valence-corrected chi connectivity index (χ0v) is 13.4. The van der Waals surface area contributed by atoms with Gasteiger partial charge in [0.2, 0.25) is 5.91 Å². The van der Waals surface area contributed by atoms with Gasteiger partial charge < -0.3 is 9.88 Å². The first-order valence-corrected chi connectivity index (χ1v) is 7.64. The average molecular weight is 293 g/mol. The number of hydrogen-bond acceptors (Lipinski definition) is 4. The summed E-state index contributed by atoms with van der Waals surface area (Å²) in [6.45, 7) is 12.5. The monoisotopic (exact) mass is 293 g/mol. The molecule has 1 amide bonds. The summed E-state index contributed by atoms with van der Waals surface area (Å²) in [4.78, 5) is 20.6. The highest BCUT2D eigenvalue weighted by atomic mass is 16.2. The minimum absolute atomic E-state index is 0.120. The molecule has 0 bridgehead atoms. The van der Waals surface area contributed by atoms with E-state index >= 15 is 0 Å². The standard InChI is InChI=1S/C15H27N5O/c1-15(2,3)17-14(21)12-19-9-6-18(7-10-19)8-11-20-5-4-16-13-20/h4-5,13H,6-12H2,1-3H3,(H,17,21). The van der Waals surface area contributed by atoms with Crippen molar-refractivity contribution in [1.82, 2.24) is 24.7 Å². The third-order valence-corrected chi connectivity index (χ3v) is 3.58. The topological polar surface area (TPSA) is 53.4 Å². The molecule has 21 heavy (non-hydrogen) atoms. The quantitative estimate of drug-likeness (QED) is 0.855. The smallest absolute Gasteiger partial charge is 0.234 e. The van der Waals surface area contributed by atoms with Crippen LogP contribution in [0.25, 0.3) is 0 Å². The minimum Gasteiger partial charge on any atom is -0.350 e. The number of piperazine rings is 1. The van der Waals surface area contributed by atoms with Gasteiger partial charge in [0.15, 0.2) is 0 Å². The maximum atomic E-state index is 11.9. The van der Waals surface area contributed by atoms with Crippen LogP contribution >= 0.6 is 0 Å². The molecular weight excluding hydrogens is 266 g/mol. The Morgan fingerprint density at radius 1 is 1.14 bits per heavy atom. The highest BCUT2D eigenvalue weighted by Crippen LogP contribution is 2.03. The van der Waals surface area contributed by atoms with Crippen LogP contribution in [0.2, 0.25) is 0 Å². The first-order chi connectivity index (χ1) is 9.92. The molecule has 0 spiro atoms. The van der Waals surface area contributed by atoms with Crippen molar-refractivity contribution in [3.63, 3.8) is 0 Å². The van der Waals surface area contributed by atoms with E-state index in [1.807, 2.05) is 39.5 Å². The zero-order valence-electron chi connectivity index (χ0n) is 13.4.